The van der Waals surface area contributed by atoms with Gasteiger partial charge < -0.3 is 10.5 Å². The molecule has 0 radical (unpaired) electrons. The third kappa shape index (κ3) is 4.80. The number of nitrogens with zero attached hydrogens (tertiary/aromatic N) is 1. The third-order valence-electron chi connectivity index (χ3n) is 3.48. The van der Waals surface area contributed by atoms with Crippen LogP contribution in [0.3, 0.4) is 0 Å². The summed E-state index contributed by atoms with van der Waals surface area (Å²) in [5.74, 6) is 0.870. The average Bonchev–Trinajstić information content (AvgIpc) is 2.41. The number of hydrogen-bond donors (Lipinski definition) is 1. The summed E-state index contributed by atoms with van der Waals surface area (Å²) < 4.78 is 18.9. The SMILES string of the molecule is NCCc1ccc(OCCN2CCC[C@H](F)C2)cc1. The predicted octanol–water partition coefficient (Wildman–Crippen LogP) is 2.00. The fourth-order valence-corrected chi connectivity index (χ4v) is 2.41. The Balaban J connectivity index is 1.70. The van der Waals surface area contributed by atoms with Crippen molar-refractivity contribution in [2.45, 2.75) is 25.4 Å². The standard InChI is InChI=1S/C15H23FN2O/c16-14-2-1-9-18(12-14)10-11-19-15-5-3-13(4-6-15)7-8-17/h3-6,14H,1-2,7-12,17H2/t14-/m0/s1. The molecule has 19 heavy (non-hydrogen) atoms. The van der Waals surface area contributed by atoms with Crippen LogP contribution < -0.4 is 10.5 Å². The van der Waals surface area contributed by atoms with Crippen LogP contribution in [0.5, 0.6) is 5.75 Å². The minimum atomic E-state index is -0.663. The quantitative estimate of drug-likeness (QED) is 0.856. The molecule has 1 saturated heterocycles. The molecule has 1 aliphatic rings. The Morgan fingerprint density at radius 1 is 1.32 bits per heavy atom. The van der Waals surface area contributed by atoms with E-state index >= 15 is 0 Å². The summed E-state index contributed by atoms with van der Waals surface area (Å²) in [5.41, 5.74) is 6.73. The highest BCUT2D eigenvalue weighted by molar-refractivity contribution is 5.27. The predicted molar refractivity (Wildman–Crippen MR) is 75.3 cm³/mol. The lowest BCUT2D eigenvalue weighted by molar-refractivity contribution is 0.121. The summed E-state index contributed by atoms with van der Waals surface area (Å²) in [6.45, 7) is 3.62. The van der Waals surface area contributed by atoms with E-state index in [1.165, 1.54) is 5.56 Å². The summed E-state index contributed by atoms with van der Waals surface area (Å²) in [6, 6.07) is 8.03. The van der Waals surface area contributed by atoms with Crippen molar-refractivity contribution in [3.63, 3.8) is 0 Å². The number of halogens is 1. The number of likely N-dealkylation sites (tertiary alicyclic amines) is 1. The normalized spacial score (nSPS) is 20.4. The Morgan fingerprint density at radius 2 is 2.11 bits per heavy atom. The topological polar surface area (TPSA) is 38.5 Å². The first-order chi connectivity index (χ1) is 9.28. The smallest absolute Gasteiger partial charge is 0.119 e. The Hall–Kier alpha value is -1.13. The maximum atomic E-state index is 13.2. The molecule has 2 N–H and O–H groups in total. The van der Waals surface area contributed by atoms with Gasteiger partial charge in [0.15, 0.2) is 0 Å². The molecule has 0 aromatic heterocycles. The van der Waals surface area contributed by atoms with Gasteiger partial charge in [-0.05, 0) is 50.0 Å². The van der Waals surface area contributed by atoms with E-state index in [9.17, 15) is 4.39 Å². The average molecular weight is 266 g/mol. The van der Waals surface area contributed by atoms with E-state index in [0.717, 1.165) is 31.7 Å². The van der Waals surface area contributed by atoms with Gasteiger partial charge >= 0.3 is 0 Å². The van der Waals surface area contributed by atoms with Crippen LogP contribution >= 0.6 is 0 Å². The number of ether oxygens (including phenoxy) is 1. The number of piperidine rings is 1. The first-order valence-corrected chi connectivity index (χ1v) is 7.06. The van der Waals surface area contributed by atoms with Gasteiger partial charge in [-0.1, -0.05) is 12.1 Å². The summed E-state index contributed by atoms with van der Waals surface area (Å²) in [7, 11) is 0. The van der Waals surface area contributed by atoms with Crippen LogP contribution in [-0.4, -0.2) is 43.9 Å². The lowest BCUT2D eigenvalue weighted by Gasteiger charge is -2.28. The minimum Gasteiger partial charge on any atom is -0.492 e. The minimum absolute atomic E-state index is 0.554. The third-order valence-corrected chi connectivity index (χ3v) is 3.48. The van der Waals surface area contributed by atoms with Crippen molar-refractivity contribution in [2.75, 3.05) is 32.8 Å². The van der Waals surface area contributed by atoms with Crippen LogP contribution in [0.25, 0.3) is 0 Å². The fourth-order valence-electron chi connectivity index (χ4n) is 2.41. The zero-order valence-corrected chi connectivity index (χ0v) is 11.4. The van der Waals surface area contributed by atoms with Crippen molar-refractivity contribution < 1.29 is 9.13 Å². The first kappa shape index (κ1) is 14.3. The first-order valence-electron chi connectivity index (χ1n) is 7.06. The van der Waals surface area contributed by atoms with Crippen LogP contribution in [0.2, 0.25) is 0 Å². The van der Waals surface area contributed by atoms with Crippen LogP contribution in [0.4, 0.5) is 4.39 Å². The van der Waals surface area contributed by atoms with E-state index in [1.807, 2.05) is 24.3 Å². The molecule has 0 aliphatic carbocycles. The zero-order valence-electron chi connectivity index (χ0n) is 11.4. The van der Waals surface area contributed by atoms with Crippen LogP contribution in [0, 0.1) is 0 Å². The maximum absolute atomic E-state index is 13.2. The van der Waals surface area contributed by atoms with Gasteiger partial charge in [-0.3, -0.25) is 4.90 Å². The van der Waals surface area contributed by atoms with Gasteiger partial charge in [0.2, 0.25) is 0 Å². The van der Waals surface area contributed by atoms with Crippen molar-refractivity contribution in [2.24, 2.45) is 5.73 Å². The highest BCUT2D eigenvalue weighted by Gasteiger charge is 2.18. The number of nitrogens with two attached hydrogens (primary N) is 1. The van der Waals surface area contributed by atoms with Gasteiger partial charge in [-0.2, -0.15) is 0 Å². The van der Waals surface area contributed by atoms with Gasteiger partial charge in [0.25, 0.3) is 0 Å². The molecular formula is C15H23FN2O. The maximum Gasteiger partial charge on any atom is 0.119 e. The molecule has 1 aromatic carbocycles. The Labute approximate surface area is 114 Å². The summed E-state index contributed by atoms with van der Waals surface area (Å²) >= 11 is 0. The van der Waals surface area contributed by atoms with Gasteiger partial charge in [0, 0.05) is 13.1 Å². The summed E-state index contributed by atoms with van der Waals surface area (Å²) in [6.07, 6.45) is 1.89. The van der Waals surface area contributed by atoms with Crippen molar-refractivity contribution in [1.82, 2.24) is 4.90 Å². The van der Waals surface area contributed by atoms with Crippen LogP contribution in [0.1, 0.15) is 18.4 Å². The second-order valence-electron chi connectivity index (χ2n) is 5.07. The van der Waals surface area contributed by atoms with Gasteiger partial charge in [-0.15, -0.1) is 0 Å². The zero-order chi connectivity index (χ0) is 13.5. The highest BCUT2D eigenvalue weighted by atomic mass is 19.1. The van der Waals surface area contributed by atoms with E-state index in [2.05, 4.69) is 4.90 Å². The Bertz CT molecular complexity index is 369. The van der Waals surface area contributed by atoms with Crippen LogP contribution in [0.15, 0.2) is 24.3 Å². The molecule has 2 rings (SSSR count). The number of rotatable bonds is 6. The van der Waals surface area contributed by atoms with Crippen molar-refractivity contribution >= 4 is 0 Å². The molecule has 0 spiro atoms. The largest absolute Gasteiger partial charge is 0.492 e. The summed E-state index contributed by atoms with van der Waals surface area (Å²) in [5, 5.41) is 0. The second kappa shape index (κ2) is 7.46. The molecule has 0 saturated carbocycles. The van der Waals surface area contributed by atoms with Gasteiger partial charge in [-0.25, -0.2) is 4.39 Å². The Kier molecular flexibility index (Phi) is 5.61. The van der Waals surface area contributed by atoms with E-state index in [-0.39, 0.29) is 0 Å². The number of benzene rings is 1. The molecule has 1 aliphatic heterocycles. The molecule has 106 valence electrons. The second-order valence-corrected chi connectivity index (χ2v) is 5.07. The molecule has 4 heteroatoms. The molecule has 1 atom stereocenters. The molecule has 1 fully saturated rings. The van der Waals surface area contributed by atoms with Gasteiger partial charge in [0.1, 0.15) is 18.5 Å². The molecular weight excluding hydrogens is 243 g/mol. The Morgan fingerprint density at radius 3 is 2.79 bits per heavy atom. The monoisotopic (exact) mass is 266 g/mol. The van der Waals surface area contributed by atoms with Crippen molar-refractivity contribution in [3.05, 3.63) is 29.8 Å². The lowest BCUT2D eigenvalue weighted by Crippen LogP contribution is -2.38. The number of hydrogen-bond acceptors (Lipinski definition) is 3. The van der Waals surface area contributed by atoms with E-state index in [1.54, 1.807) is 0 Å². The molecule has 3 nitrogen and oxygen atoms in total. The molecule has 0 amide bonds. The van der Waals surface area contributed by atoms with Crippen molar-refractivity contribution in [1.29, 1.82) is 0 Å². The fraction of sp³-hybridized carbons (Fsp3) is 0.600. The van der Waals surface area contributed by atoms with E-state index < -0.39 is 6.17 Å². The highest BCUT2D eigenvalue weighted by Crippen LogP contribution is 2.14. The van der Waals surface area contributed by atoms with Gasteiger partial charge in [0.05, 0.1) is 0 Å². The van der Waals surface area contributed by atoms with Crippen molar-refractivity contribution in [3.8, 4) is 5.75 Å². The summed E-state index contributed by atoms with van der Waals surface area (Å²) in [4.78, 5) is 2.14. The molecule has 0 bridgehead atoms. The number of alkyl halides is 1. The molecule has 0 unspecified atom stereocenters. The lowest BCUT2D eigenvalue weighted by atomic mass is 10.1. The van der Waals surface area contributed by atoms with Crippen LogP contribution in [-0.2, 0) is 6.42 Å². The van der Waals surface area contributed by atoms with E-state index in [0.29, 0.717) is 26.1 Å². The molecule has 1 heterocycles. The van der Waals surface area contributed by atoms with E-state index in [4.69, 9.17) is 10.5 Å². The molecule has 1 aromatic rings.